The summed E-state index contributed by atoms with van der Waals surface area (Å²) in [6, 6.07) is 14.8. The molecular formula is C38H31ClN10O17S6. The monoisotopic (exact) mass is 1130 g/mol. The van der Waals surface area contributed by atoms with Gasteiger partial charge >= 0.3 is 0 Å². The van der Waals surface area contributed by atoms with E-state index in [1.807, 2.05) is 0 Å². The molecule has 7 aromatic rings. The molecule has 0 amide bonds. The quantitative estimate of drug-likeness (QED) is 0.0245. The van der Waals surface area contributed by atoms with Crippen LogP contribution in [-0.2, 0) is 61.0 Å². The molecule has 0 spiro atoms. The van der Waals surface area contributed by atoms with Crippen molar-refractivity contribution in [3.63, 3.8) is 0 Å². The highest BCUT2D eigenvalue weighted by Crippen LogP contribution is 2.49. The van der Waals surface area contributed by atoms with Crippen molar-refractivity contribution in [2.75, 3.05) is 28.8 Å². The van der Waals surface area contributed by atoms with Gasteiger partial charge in [-0.2, -0.15) is 48.6 Å². The van der Waals surface area contributed by atoms with E-state index >= 15 is 0 Å². The van der Waals surface area contributed by atoms with Gasteiger partial charge in [-0.3, -0.25) is 18.2 Å². The Kier molecular flexibility index (Phi) is 14.1. The van der Waals surface area contributed by atoms with Crippen molar-refractivity contribution in [1.82, 2.24) is 15.0 Å². The fourth-order valence-corrected chi connectivity index (χ4v) is 10.9. The lowest BCUT2D eigenvalue weighted by atomic mass is 10.1. The van der Waals surface area contributed by atoms with Crippen LogP contribution in [0, 0.1) is 0 Å². The van der Waals surface area contributed by atoms with Crippen molar-refractivity contribution in [2.45, 2.75) is 36.3 Å². The smallest absolute Gasteiger partial charge is 0.297 e. The van der Waals surface area contributed by atoms with Crippen LogP contribution >= 0.6 is 11.6 Å². The third kappa shape index (κ3) is 11.1. The zero-order valence-corrected chi connectivity index (χ0v) is 41.7. The average molecular weight is 1130 g/mol. The molecule has 8 N–H and O–H groups in total. The summed E-state index contributed by atoms with van der Waals surface area (Å²) in [5, 5.41) is 27.1. The highest BCUT2D eigenvalue weighted by atomic mass is 35.5. The van der Waals surface area contributed by atoms with Crippen LogP contribution in [0.15, 0.2) is 135 Å². The normalized spacial score (nSPS) is 12.9. The number of nitrogens with zero attached hydrogens (tertiary/aromatic N) is 8. The van der Waals surface area contributed by atoms with Crippen LogP contribution in [0.25, 0.3) is 21.5 Å². The first kappa shape index (κ1) is 52.9. The number of phenolic OH excluding ortho intramolecular Hbond substituents is 1. The molecule has 378 valence electrons. The molecule has 7 rings (SSSR count). The number of anilines is 5. The van der Waals surface area contributed by atoms with Crippen molar-refractivity contribution in [3.05, 3.63) is 90.2 Å². The van der Waals surface area contributed by atoms with E-state index in [0.717, 1.165) is 48.7 Å². The first-order valence-electron chi connectivity index (χ1n) is 19.3. The van der Waals surface area contributed by atoms with E-state index in [1.165, 1.54) is 29.2 Å². The first-order valence-corrected chi connectivity index (χ1v) is 28.5. The van der Waals surface area contributed by atoms with Gasteiger partial charge in [0.2, 0.25) is 17.2 Å². The number of rotatable bonds is 15. The minimum absolute atomic E-state index is 0.0183. The number of sulfone groups is 1. The zero-order valence-electron chi connectivity index (χ0n) is 35.9. The van der Waals surface area contributed by atoms with E-state index in [2.05, 4.69) is 40.7 Å². The van der Waals surface area contributed by atoms with Crippen molar-refractivity contribution >= 4 is 146 Å². The summed E-state index contributed by atoms with van der Waals surface area (Å²) < 4.78 is 190. The predicted octanol–water partition coefficient (Wildman–Crippen LogP) is 6.21. The lowest BCUT2D eigenvalue weighted by Crippen LogP contribution is -2.20. The van der Waals surface area contributed by atoms with Gasteiger partial charge < -0.3 is 21.1 Å². The molecule has 27 nitrogen and oxygen atoms in total. The van der Waals surface area contributed by atoms with E-state index in [0.29, 0.717) is 17.8 Å². The Morgan fingerprint density at radius 1 is 0.681 bits per heavy atom. The van der Waals surface area contributed by atoms with Gasteiger partial charge in [0.25, 0.3) is 40.5 Å². The van der Waals surface area contributed by atoms with Gasteiger partial charge in [0, 0.05) is 29.6 Å². The number of aromatic hydroxyl groups is 1. The number of benzene rings is 6. The molecule has 0 aliphatic rings. The molecule has 0 saturated heterocycles. The number of halogens is 1. The first-order chi connectivity index (χ1) is 33.4. The average Bonchev–Trinajstić information content (AvgIpc) is 3.26. The second-order valence-corrected chi connectivity index (χ2v) is 23.6. The van der Waals surface area contributed by atoms with Crippen LogP contribution in [0.5, 0.6) is 5.75 Å². The molecule has 0 aliphatic heterocycles. The largest absolute Gasteiger partial charge is 0.505 e. The molecule has 0 bridgehead atoms. The van der Waals surface area contributed by atoms with Crippen LogP contribution in [-0.4, -0.2) is 102 Å². The summed E-state index contributed by atoms with van der Waals surface area (Å²) in [7, 11) is -28.2. The maximum absolute atomic E-state index is 12.8. The SMILES string of the molecule is CCN(c1cccc([SH](=O)=O)c1)c1nc(Cl)nc(Nc2ccc(S(=O)(=O)O)c(/N=N/c3c(S(=O)(=O)O)cc4cc(S(=O)(=O)O)c(/N=N/c5ccc6cc(S(C)(=O)=O)ccc6c5S(=O)(=O)O)c(N)c4c3O)c2)n1. The number of nitrogens with one attached hydrogen (secondary N) is 1. The summed E-state index contributed by atoms with van der Waals surface area (Å²) in [6.07, 6.45) is 0.885. The van der Waals surface area contributed by atoms with Crippen LogP contribution in [0.4, 0.5) is 51.7 Å². The number of aromatic nitrogens is 3. The van der Waals surface area contributed by atoms with E-state index < -0.39 is 126 Å². The standard InChI is InChI=1S/C38H31ClN10O17S6/c1-3-49(21-5-4-6-22(17-21)67(51)52)38-43-36(39)42-37(44-38)41-20-8-12-27(69(55,56)57)26(16-20)46-48-33-29(71(61,62)63)15-19-14-28(70(58,59)60)32(31(40)30(19)34(33)50)47-45-25-11-7-18-13-23(68(2,53)54)9-10-24(18)35(25)72(64,65)66/h4-17,50,67H,3,40H2,1-2H3,(H,55,56,57)(H,58,59,60)(H,61,62,63)(H,64,65,66)(H,41,42,43,44)/b47-45+,48-46+. The molecule has 0 aliphatic carbocycles. The van der Waals surface area contributed by atoms with Crippen molar-refractivity contribution in [3.8, 4) is 5.75 Å². The van der Waals surface area contributed by atoms with Gasteiger partial charge in [-0.25, -0.2) is 16.8 Å². The van der Waals surface area contributed by atoms with Crippen molar-refractivity contribution in [2.24, 2.45) is 20.5 Å². The summed E-state index contributed by atoms with van der Waals surface area (Å²) in [5.74, 6) is -1.70. The van der Waals surface area contributed by atoms with Gasteiger partial charge in [-0.05, 0) is 96.0 Å². The summed E-state index contributed by atoms with van der Waals surface area (Å²) in [4.78, 5) is 9.13. The van der Waals surface area contributed by atoms with E-state index in [-0.39, 0.29) is 50.0 Å². The minimum atomic E-state index is -5.52. The third-order valence-electron chi connectivity index (χ3n) is 9.99. The molecule has 0 unspecified atom stereocenters. The molecule has 72 heavy (non-hydrogen) atoms. The maximum atomic E-state index is 12.8. The van der Waals surface area contributed by atoms with Gasteiger partial charge in [-0.1, -0.05) is 18.2 Å². The second-order valence-electron chi connectivity index (χ2n) is 14.7. The minimum Gasteiger partial charge on any atom is -0.505 e. The van der Waals surface area contributed by atoms with Gasteiger partial charge in [0.1, 0.15) is 42.3 Å². The molecule has 34 heteroatoms. The molecule has 0 saturated carbocycles. The van der Waals surface area contributed by atoms with E-state index in [4.69, 9.17) is 17.3 Å². The predicted molar refractivity (Wildman–Crippen MR) is 257 cm³/mol. The number of nitrogens with two attached hydrogens (primary N) is 1. The summed E-state index contributed by atoms with van der Waals surface area (Å²) in [6.45, 7) is 1.87. The molecule has 0 atom stereocenters. The zero-order chi connectivity index (χ0) is 53.0. The lowest BCUT2D eigenvalue weighted by molar-refractivity contribution is 0.472. The summed E-state index contributed by atoms with van der Waals surface area (Å²) in [5.41, 5.74) is 1.85. The Labute approximate surface area is 413 Å². The van der Waals surface area contributed by atoms with Crippen molar-refractivity contribution < 1.29 is 73.8 Å². The number of nitrogen functional groups attached to an aromatic ring is 1. The number of azo groups is 2. The van der Waals surface area contributed by atoms with Gasteiger partial charge in [-0.15, -0.1) is 20.5 Å². The van der Waals surface area contributed by atoms with E-state index in [9.17, 15) is 73.8 Å². The Bertz CT molecular complexity index is 4190. The van der Waals surface area contributed by atoms with Crippen LogP contribution in [0.2, 0.25) is 5.28 Å². The number of phenols is 1. The Balaban J connectivity index is 1.36. The fraction of sp³-hybridized carbons (Fsp3) is 0.0789. The van der Waals surface area contributed by atoms with E-state index in [1.54, 1.807) is 13.0 Å². The highest BCUT2D eigenvalue weighted by molar-refractivity contribution is 7.90. The maximum Gasteiger partial charge on any atom is 0.297 e. The highest BCUT2D eigenvalue weighted by Gasteiger charge is 2.29. The summed E-state index contributed by atoms with van der Waals surface area (Å²) >= 11 is 6.21. The Morgan fingerprint density at radius 2 is 1.31 bits per heavy atom. The number of thiol groups is 1. The Morgan fingerprint density at radius 3 is 1.90 bits per heavy atom. The molecular weight excluding hydrogens is 1100 g/mol. The second kappa shape index (κ2) is 19.3. The van der Waals surface area contributed by atoms with Gasteiger partial charge in [0.05, 0.1) is 20.9 Å². The van der Waals surface area contributed by atoms with Crippen LogP contribution < -0.4 is 16.0 Å². The molecule has 0 radical (unpaired) electrons. The number of hydrogen-bond acceptors (Lipinski definition) is 23. The molecule has 1 heterocycles. The van der Waals surface area contributed by atoms with Gasteiger partial charge in [0.15, 0.2) is 26.3 Å². The van der Waals surface area contributed by atoms with Crippen molar-refractivity contribution in [1.29, 1.82) is 0 Å². The van der Waals surface area contributed by atoms with Crippen LogP contribution in [0.3, 0.4) is 0 Å². The number of fused-ring (bicyclic) bond motifs is 2. The molecule has 6 aromatic carbocycles. The topological polar surface area (TPSA) is 435 Å². The Hall–Kier alpha value is -6.92. The third-order valence-corrected chi connectivity index (χ3v) is 15.6. The lowest BCUT2D eigenvalue weighted by Gasteiger charge is -2.21. The number of hydrogen-bond donors (Lipinski definition) is 8. The molecule has 1 aromatic heterocycles. The molecule has 0 fully saturated rings. The van der Waals surface area contributed by atoms with Crippen LogP contribution in [0.1, 0.15) is 6.92 Å². The fourth-order valence-electron chi connectivity index (χ4n) is 6.91.